The van der Waals surface area contributed by atoms with Gasteiger partial charge in [-0.25, -0.2) is 0 Å². The molecular formula is C52H99NO5. The number of aliphatic hydroxyl groups is 4. The Kier molecular flexibility index (Phi) is 45.4. The van der Waals surface area contributed by atoms with E-state index in [0.29, 0.717) is 19.3 Å². The van der Waals surface area contributed by atoms with Crippen molar-refractivity contribution < 1.29 is 25.2 Å². The van der Waals surface area contributed by atoms with E-state index in [-0.39, 0.29) is 0 Å². The van der Waals surface area contributed by atoms with Crippen molar-refractivity contribution in [2.75, 3.05) is 6.61 Å². The second-order valence-corrected chi connectivity index (χ2v) is 17.5. The van der Waals surface area contributed by atoms with Crippen LogP contribution in [0.4, 0.5) is 0 Å². The van der Waals surface area contributed by atoms with Crippen LogP contribution < -0.4 is 5.32 Å². The molecule has 0 aliphatic rings. The van der Waals surface area contributed by atoms with Gasteiger partial charge in [0.15, 0.2) is 0 Å². The van der Waals surface area contributed by atoms with Crippen LogP contribution >= 0.6 is 0 Å². The number of hydrogen-bond donors (Lipinski definition) is 5. The van der Waals surface area contributed by atoms with Crippen LogP contribution in [0.15, 0.2) is 36.5 Å². The van der Waals surface area contributed by atoms with Crippen molar-refractivity contribution in [2.45, 2.75) is 282 Å². The van der Waals surface area contributed by atoms with Crippen LogP contribution in [-0.2, 0) is 4.79 Å². The highest BCUT2D eigenvalue weighted by Crippen LogP contribution is 2.17. The maximum atomic E-state index is 12.5. The van der Waals surface area contributed by atoms with E-state index < -0.39 is 36.9 Å². The smallest absolute Gasteiger partial charge is 0.249 e. The molecule has 6 heteroatoms. The number of hydrogen-bond acceptors (Lipinski definition) is 5. The Labute approximate surface area is 360 Å². The van der Waals surface area contributed by atoms with Crippen molar-refractivity contribution in [3.8, 4) is 0 Å². The topological polar surface area (TPSA) is 110 Å². The number of nitrogens with one attached hydrogen (secondary N) is 1. The van der Waals surface area contributed by atoms with Gasteiger partial charge in [0, 0.05) is 0 Å². The lowest BCUT2D eigenvalue weighted by atomic mass is 10.00. The molecular weight excluding hydrogens is 719 g/mol. The van der Waals surface area contributed by atoms with Crippen LogP contribution in [0.2, 0.25) is 0 Å². The molecule has 342 valence electrons. The third-order valence-electron chi connectivity index (χ3n) is 11.9. The summed E-state index contributed by atoms with van der Waals surface area (Å²) in [4.78, 5) is 12.5. The maximum Gasteiger partial charge on any atom is 0.249 e. The van der Waals surface area contributed by atoms with Crippen LogP contribution in [0.3, 0.4) is 0 Å². The largest absolute Gasteiger partial charge is 0.394 e. The van der Waals surface area contributed by atoms with Crippen molar-refractivity contribution in [1.29, 1.82) is 0 Å². The number of carbonyl (C=O) groups excluding carboxylic acids is 1. The highest BCUT2D eigenvalue weighted by atomic mass is 16.3. The average Bonchev–Trinajstić information content (AvgIpc) is 3.23. The summed E-state index contributed by atoms with van der Waals surface area (Å²) < 4.78 is 0. The zero-order chi connectivity index (χ0) is 42.4. The quantitative estimate of drug-likeness (QED) is 0.0310. The van der Waals surface area contributed by atoms with Gasteiger partial charge in [-0.05, 0) is 58.3 Å². The Morgan fingerprint density at radius 1 is 0.448 bits per heavy atom. The van der Waals surface area contributed by atoms with Crippen LogP contribution in [0.5, 0.6) is 0 Å². The Balaban J connectivity index is 3.57. The van der Waals surface area contributed by atoms with E-state index in [9.17, 15) is 25.2 Å². The van der Waals surface area contributed by atoms with Crippen molar-refractivity contribution in [3.63, 3.8) is 0 Å². The van der Waals surface area contributed by atoms with Gasteiger partial charge in [0.2, 0.25) is 5.91 Å². The van der Waals surface area contributed by atoms with Gasteiger partial charge in [0.05, 0.1) is 18.8 Å². The van der Waals surface area contributed by atoms with Crippen LogP contribution in [-0.4, -0.2) is 57.3 Å². The molecule has 0 saturated carbocycles. The number of allylic oxidation sites excluding steroid dienone is 6. The Bertz CT molecular complexity index is 919. The Morgan fingerprint density at radius 2 is 0.776 bits per heavy atom. The highest BCUT2D eigenvalue weighted by molar-refractivity contribution is 5.80. The van der Waals surface area contributed by atoms with E-state index in [0.717, 1.165) is 51.4 Å². The first-order valence-electron chi connectivity index (χ1n) is 25.3. The van der Waals surface area contributed by atoms with Crippen molar-refractivity contribution in [1.82, 2.24) is 5.32 Å². The minimum atomic E-state index is -1.29. The molecule has 0 aliphatic heterocycles. The fourth-order valence-corrected chi connectivity index (χ4v) is 7.92. The second kappa shape index (κ2) is 46.6. The summed E-state index contributed by atoms with van der Waals surface area (Å²) in [5.74, 6) is -0.598. The molecule has 0 radical (unpaired) electrons. The van der Waals surface area contributed by atoms with E-state index >= 15 is 0 Å². The van der Waals surface area contributed by atoms with Crippen LogP contribution in [0, 0.1) is 0 Å². The molecule has 0 aromatic rings. The summed E-state index contributed by atoms with van der Waals surface area (Å²) in [6.07, 6.45) is 56.6. The number of aliphatic hydroxyl groups excluding tert-OH is 4. The average molecular weight is 818 g/mol. The molecule has 1 amide bonds. The molecule has 0 heterocycles. The summed E-state index contributed by atoms with van der Waals surface area (Å²) >= 11 is 0. The van der Waals surface area contributed by atoms with Gasteiger partial charge >= 0.3 is 0 Å². The molecule has 5 N–H and O–H groups in total. The van der Waals surface area contributed by atoms with E-state index in [1.165, 1.54) is 173 Å². The molecule has 0 aliphatic carbocycles. The summed E-state index contributed by atoms with van der Waals surface area (Å²) in [6, 6.07) is -1.01. The zero-order valence-corrected chi connectivity index (χ0v) is 38.5. The molecule has 4 atom stereocenters. The maximum absolute atomic E-state index is 12.5. The van der Waals surface area contributed by atoms with E-state index in [1.54, 1.807) is 0 Å². The minimum Gasteiger partial charge on any atom is -0.394 e. The van der Waals surface area contributed by atoms with Gasteiger partial charge < -0.3 is 25.7 Å². The molecule has 0 bridgehead atoms. The molecule has 58 heavy (non-hydrogen) atoms. The molecule has 0 fully saturated rings. The molecule has 0 spiro atoms. The second-order valence-electron chi connectivity index (χ2n) is 17.5. The summed E-state index contributed by atoms with van der Waals surface area (Å²) in [6.45, 7) is 3.83. The van der Waals surface area contributed by atoms with Gasteiger partial charge in [-0.15, -0.1) is 0 Å². The number of carbonyl (C=O) groups is 1. The molecule has 0 rings (SSSR count). The zero-order valence-electron chi connectivity index (χ0n) is 38.5. The first-order chi connectivity index (χ1) is 28.5. The normalized spacial score (nSPS) is 14.2. The SMILES string of the molecule is C/C=C/CC/C=C/CC/C=C/CCCC(O)C(O)C(CO)NC(=O)C(O)CCCCCCCCCCCCCCCCCCCCCCCCCCCCCCCC. The lowest BCUT2D eigenvalue weighted by molar-refractivity contribution is -0.132. The molecule has 0 aromatic carbocycles. The standard InChI is InChI=1S/C52H99NO5/c1-3-5-7-9-11-13-15-17-18-19-20-21-22-23-24-25-26-27-28-29-30-31-32-33-34-36-38-40-42-44-46-50(56)52(58)53-48(47-54)51(57)49(55)45-43-41-39-37-35-16-14-12-10-8-6-4-2/h4,6,12,14,37,39,48-51,54-57H,3,5,7-11,13,15-36,38,40-47H2,1-2H3,(H,53,58)/b6-4+,14-12+,39-37+. The predicted octanol–water partition coefficient (Wildman–Crippen LogP) is 14.1. The Hall–Kier alpha value is -1.47. The van der Waals surface area contributed by atoms with Crippen LogP contribution in [0.25, 0.3) is 0 Å². The Morgan fingerprint density at radius 3 is 1.12 bits per heavy atom. The molecule has 6 nitrogen and oxygen atoms in total. The number of unbranched alkanes of at least 4 members (excludes halogenated alkanes) is 32. The number of rotatable bonds is 46. The minimum absolute atomic E-state index is 0.362. The monoisotopic (exact) mass is 818 g/mol. The molecule has 0 saturated heterocycles. The predicted molar refractivity (Wildman–Crippen MR) is 251 cm³/mol. The van der Waals surface area contributed by atoms with Gasteiger partial charge in [-0.3, -0.25) is 4.79 Å². The third-order valence-corrected chi connectivity index (χ3v) is 11.9. The van der Waals surface area contributed by atoms with Crippen LogP contribution in [0.1, 0.15) is 258 Å². The number of amides is 1. The molecule has 4 unspecified atom stereocenters. The fraction of sp³-hybridized carbons (Fsp3) is 0.865. The molecule has 0 aromatic heterocycles. The van der Waals surface area contributed by atoms with E-state index in [2.05, 4.69) is 48.7 Å². The van der Waals surface area contributed by atoms with Crippen molar-refractivity contribution in [2.24, 2.45) is 0 Å². The summed E-state index contributed by atoms with van der Waals surface area (Å²) in [5.41, 5.74) is 0. The summed E-state index contributed by atoms with van der Waals surface area (Å²) in [5, 5.41) is 43.6. The van der Waals surface area contributed by atoms with E-state index in [1.807, 2.05) is 6.92 Å². The van der Waals surface area contributed by atoms with Gasteiger partial charge in [0.1, 0.15) is 12.2 Å². The van der Waals surface area contributed by atoms with Gasteiger partial charge in [0.25, 0.3) is 0 Å². The van der Waals surface area contributed by atoms with Gasteiger partial charge in [-0.1, -0.05) is 236 Å². The van der Waals surface area contributed by atoms with Crippen molar-refractivity contribution in [3.05, 3.63) is 36.5 Å². The van der Waals surface area contributed by atoms with Crippen molar-refractivity contribution >= 4 is 5.91 Å². The fourth-order valence-electron chi connectivity index (χ4n) is 7.92. The highest BCUT2D eigenvalue weighted by Gasteiger charge is 2.28. The third kappa shape index (κ3) is 40.0. The first-order valence-corrected chi connectivity index (χ1v) is 25.3. The lowest BCUT2D eigenvalue weighted by Gasteiger charge is -2.27. The van der Waals surface area contributed by atoms with Gasteiger partial charge in [-0.2, -0.15) is 0 Å². The lowest BCUT2D eigenvalue weighted by Crippen LogP contribution is -2.53. The summed E-state index contributed by atoms with van der Waals surface area (Å²) in [7, 11) is 0. The first kappa shape index (κ1) is 56.5. The van der Waals surface area contributed by atoms with E-state index in [4.69, 9.17) is 0 Å².